The number of fused-ring (bicyclic) bond motifs is 1. The maximum Gasteiger partial charge on any atom is 0.165 e. The summed E-state index contributed by atoms with van der Waals surface area (Å²) in [5, 5.41) is 14.7. The van der Waals surface area contributed by atoms with Gasteiger partial charge < -0.3 is 20.6 Å². The lowest BCUT2D eigenvalue weighted by molar-refractivity contribution is 0.313. The van der Waals surface area contributed by atoms with Crippen molar-refractivity contribution < 1.29 is 5.11 Å². The maximum atomic E-state index is 9.64. The molecule has 7 nitrogen and oxygen atoms in total. The maximum absolute atomic E-state index is 9.64. The number of nitrogens with zero attached hydrogens (tertiary/aromatic N) is 5. The number of alkyl halides is 1. The van der Waals surface area contributed by atoms with E-state index in [0.717, 1.165) is 59.8 Å². The van der Waals surface area contributed by atoms with Gasteiger partial charge in [0, 0.05) is 48.3 Å². The molecule has 3 N–H and O–H groups in total. The van der Waals surface area contributed by atoms with E-state index in [1.54, 1.807) is 16.6 Å². The number of aromatic hydroxyl groups is 1. The van der Waals surface area contributed by atoms with Crippen LogP contribution in [0, 0.1) is 0 Å². The van der Waals surface area contributed by atoms with Gasteiger partial charge in [0.05, 0.1) is 11.9 Å². The number of hydrogen-bond acceptors (Lipinski definition) is 6. The Balaban J connectivity index is 0.00000259. The van der Waals surface area contributed by atoms with Gasteiger partial charge in [-0.2, -0.15) is 9.61 Å². The van der Waals surface area contributed by atoms with Crippen molar-refractivity contribution in [2.24, 2.45) is 0 Å². The number of piperazine rings is 1. The van der Waals surface area contributed by atoms with Crippen LogP contribution in [0.4, 0.5) is 11.5 Å². The number of anilines is 2. The molecule has 4 aromatic rings. The first kappa shape index (κ1) is 23.5. The van der Waals surface area contributed by atoms with E-state index in [9.17, 15) is 5.11 Å². The Hall–Kier alpha value is -2.62. The minimum atomic E-state index is 0. The second-order valence-electron chi connectivity index (χ2n) is 8.13. The molecule has 0 saturated carbocycles. The molecule has 5 rings (SSSR count). The summed E-state index contributed by atoms with van der Waals surface area (Å²) in [4.78, 5) is 9.68. The summed E-state index contributed by atoms with van der Waals surface area (Å²) in [6.07, 6.45) is 1.82. The quantitative estimate of drug-likeness (QED) is 0.348. The van der Waals surface area contributed by atoms with Crippen LogP contribution in [0.1, 0.15) is 5.69 Å². The van der Waals surface area contributed by atoms with Crippen molar-refractivity contribution in [2.75, 3.05) is 43.9 Å². The van der Waals surface area contributed by atoms with E-state index in [1.165, 1.54) is 5.69 Å². The van der Waals surface area contributed by atoms with Gasteiger partial charge >= 0.3 is 0 Å². The smallest absolute Gasteiger partial charge is 0.165 e. The molecular weight excluding hydrogens is 548 g/mol. The number of likely N-dealkylation sites (N-methyl/N-ethyl adjacent to an activating group) is 1. The van der Waals surface area contributed by atoms with Crippen LogP contribution in [0.3, 0.4) is 0 Å². The number of nitrogen functional groups attached to an aromatic ring is 1. The van der Waals surface area contributed by atoms with Crippen LogP contribution >= 0.6 is 32.9 Å². The van der Waals surface area contributed by atoms with Crippen molar-refractivity contribution in [1.82, 2.24) is 19.5 Å². The first-order chi connectivity index (χ1) is 15.5. The van der Waals surface area contributed by atoms with Crippen LogP contribution in [-0.4, -0.2) is 57.8 Å². The minimum absolute atomic E-state index is 0. The number of phenolic OH excluding ortho intramolecular Hbond substituents is 1. The first-order valence-corrected chi connectivity index (χ1v) is 11.7. The average molecular weight is 574 g/mol. The highest BCUT2D eigenvalue weighted by molar-refractivity contribution is 9.08. The molecule has 1 saturated heterocycles. The fourth-order valence-electron chi connectivity index (χ4n) is 4.22. The Morgan fingerprint density at radius 3 is 2.24 bits per heavy atom. The summed E-state index contributed by atoms with van der Waals surface area (Å²) in [6, 6.07) is 15.6. The molecule has 9 heteroatoms. The van der Waals surface area contributed by atoms with Crippen LogP contribution in [-0.2, 0) is 5.33 Å². The van der Waals surface area contributed by atoms with Crippen molar-refractivity contribution in [2.45, 2.75) is 5.33 Å². The highest BCUT2D eigenvalue weighted by Gasteiger charge is 2.19. The topological polar surface area (TPSA) is 82.9 Å². The van der Waals surface area contributed by atoms with E-state index in [4.69, 9.17) is 10.7 Å². The zero-order chi connectivity index (χ0) is 22.2. The Morgan fingerprint density at radius 1 is 0.970 bits per heavy atom. The number of nitrogens with two attached hydrogens (primary N) is 1. The standard InChI is InChI=1S/C24H25BrN6O.BrH/c1-29-10-12-30(13-11-29)18-6-2-16(3-7-18)20-15-27-31-23(26)22(21(14-25)28-24(20)31)17-4-8-19(32)9-5-17;/h2-9,15,32H,10-14,26H2,1H3;1H. The van der Waals surface area contributed by atoms with Crippen LogP contribution in [0.15, 0.2) is 54.7 Å². The largest absolute Gasteiger partial charge is 0.508 e. The molecule has 1 fully saturated rings. The van der Waals surface area contributed by atoms with Gasteiger partial charge in [-0.15, -0.1) is 17.0 Å². The summed E-state index contributed by atoms with van der Waals surface area (Å²) < 4.78 is 1.69. The molecule has 0 bridgehead atoms. The van der Waals surface area contributed by atoms with E-state index in [2.05, 4.69) is 62.1 Å². The van der Waals surface area contributed by atoms with E-state index < -0.39 is 0 Å². The van der Waals surface area contributed by atoms with Crippen molar-refractivity contribution in [1.29, 1.82) is 0 Å². The summed E-state index contributed by atoms with van der Waals surface area (Å²) in [7, 11) is 2.17. The molecule has 172 valence electrons. The first-order valence-electron chi connectivity index (χ1n) is 10.6. The van der Waals surface area contributed by atoms with Crippen molar-refractivity contribution in [3.63, 3.8) is 0 Å². The monoisotopic (exact) mass is 572 g/mol. The number of hydrogen-bond donors (Lipinski definition) is 2. The molecule has 2 aromatic heterocycles. The molecule has 2 aromatic carbocycles. The van der Waals surface area contributed by atoms with Gasteiger partial charge in [0.1, 0.15) is 11.6 Å². The third-order valence-electron chi connectivity index (χ3n) is 6.09. The molecule has 3 heterocycles. The number of phenols is 1. The number of benzene rings is 2. The van der Waals surface area contributed by atoms with Gasteiger partial charge in [-0.3, -0.25) is 0 Å². The molecule has 33 heavy (non-hydrogen) atoms. The molecule has 1 aliphatic rings. The second kappa shape index (κ2) is 9.70. The Kier molecular flexibility index (Phi) is 6.92. The molecule has 0 radical (unpaired) electrons. The third kappa shape index (κ3) is 4.45. The third-order valence-corrected chi connectivity index (χ3v) is 6.62. The number of rotatable bonds is 4. The number of aromatic nitrogens is 3. The van der Waals surface area contributed by atoms with Gasteiger partial charge in [0.25, 0.3) is 0 Å². The molecule has 1 aliphatic heterocycles. The summed E-state index contributed by atoms with van der Waals surface area (Å²) in [5.41, 5.74) is 13.1. The highest BCUT2D eigenvalue weighted by Crippen LogP contribution is 2.35. The average Bonchev–Trinajstić information content (AvgIpc) is 3.25. The van der Waals surface area contributed by atoms with Crippen molar-refractivity contribution in [3.8, 4) is 28.0 Å². The Bertz CT molecular complexity index is 1250. The lowest BCUT2D eigenvalue weighted by Crippen LogP contribution is -2.44. The van der Waals surface area contributed by atoms with E-state index in [1.807, 2.05) is 18.3 Å². The van der Waals surface area contributed by atoms with Crippen molar-refractivity contribution in [3.05, 3.63) is 60.4 Å². The summed E-state index contributed by atoms with van der Waals surface area (Å²) in [6.45, 7) is 4.24. The van der Waals surface area contributed by atoms with Crippen LogP contribution in [0.25, 0.3) is 27.9 Å². The predicted octanol–water partition coefficient (Wildman–Crippen LogP) is 4.58. The summed E-state index contributed by atoms with van der Waals surface area (Å²) in [5.74, 6) is 0.735. The lowest BCUT2D eigenvalue weighted by Gasteiger charge is -2.34. The fourth-order valence-corrected chi connectivity index (χ4v) is 4.63. The Labute approximate surface area is 211 Å². The normalized spacial score (nSPS) is 14.4. The van der Waals surface area contributed by atoms with E-state index in [-0.39, 0.29) is 22.7 Å². The molecule has 0 amide bonds. The Morgan fingerprint density at radius 2 is 1.61 bits per heavy atom. The van der Waals surface area contributed by atoms with Crippen LogP contribution < -0.4 is 10.6 Å². The molecular formula is C24H26Br2N6O. The van der Waals surface area contributed by atoms with E-state index in [0.29, 0.717) is 11.1 Å². The van der Waals surface area contributed by atoms with Crippen molar-refractivity contribution >= 4 is 50.1 Å². The lowest BCUT2D eigenvalue weighted by atomic mass is 10.0. The molecule has 0 spiro atoms. The van der Waals surface area contributed by atoms with Gasteiger partial charge in [-0.25, -0.2) is 4.98 Å². The molecule has 0 unspecified atom stereocenters. The van der Waals surface area contributed by atoms with Gasteiger partial charge in [-0.05, 0) is 42.4 Å². The highest BCUT2D eigenvalue weighted by atomic mass is 79.9. The number of halogens is 2. The fraction of sp³-hybridized carbons (Fsp3) is 0.250. The zero-order valence-electron chi connectivity index (χ0n) is 18.3. The minimum Gasteiger partial charge on any atom is -0.508 e. The van der Waals surface area contributed by atoms with E-state index >= 15 is 0 Å². The zero-order valence-corrected chi connectivity index (χ0v) is 21.6. The predicted molar refractivity (Wildman–Crippen MR) is 143 cm³/mol. The van der Waals surface area contributed by atoms with Crippen LogP contribution in [0.2, 0.25) is 0 Å². The second-order valence-corrected chi connectivity index (χ2v) is 8.69. The molecule has 0 aliphatic carbocycles. The van der Waals surface area contributed by atoms with Gasteiger partial charge in [-0.1, -0.05) is 40.2 Å². The summed E-state index contributed by atoms with van der Waals surface area (Å²) >= 11 is 3.56. The van der Waals surface area contributed by atoms with Crippen LogP contribution in [0.5, 0.6) is 5.75 Å². The SMILES string of the molecule is Br.CN1CCN(c2ccc(-c3cnn4c(N)c(-c5ccc(O)cc5)c(CBr)nc34)cc2)CC1. The van der Waals surface area contributed by atoms with Gasteiger partial charge in [0.2, 0.25) is 0 Å². The molecule has 0 atom stereocenters. The van der Waals surface area contributed by atoms with Gasteiger partial charge in [0.15, 0.2) is 5.65 Å².